The smallest absolute Gasteiger partial charge is 0.254 e. The number of nitrogens with zero attached hydrogens (tertiary/aromatic N) is 4. The molecular formula is C14H15N5O. The Balaban J connectivity index is 1.78. The van der Waals surface area contributed by atoms with Crippen LogP contribution in [0.1, 0.15) is 17.4 Å². The molecule has 102 valence electrons. The van der Waals surface area contributed by atoms with Crippen molar-refractivity contribution in [1.29, 1.82) is 0 Å². The number of nitrogens with one attached hydrogen (secondary N) is 1. The molecule has 1 aromatic carbocycles. The third kappa shape index (κ3) is 2.46. The molecule has 0 aliphatic heterocycles. The lowest BCUT2D eigenvalue weighted by atomic mass is 10.1. The van der Waals surface area contributed by atoms with Crippen molar-refractivity contribution >= 4 is 11.6 Å². The molecule has 0 spiro atoms. The summed E-state index contributed by atoms with van der Waals surface area (Å²) in [5.74, 6) is 1.31. The summed E-state index contributed by atoms with van der Waals surface area (Å²) in [5, 5.41) is 17.4. The van der Waals surface area contributed by atoms with E-state index in [0.29, 0.717) is 12.3 Å². The lowest BCUT2D eigenvalue weighted by molar-refractivity contribution is 0.191. The predicted octanol–water partition coefficient (Wildman–Crippen LogP) is 1.58. The SMILES string of the molecule is Cc1cc(NC[C@@H](O)c2ccccc2)n2ncnc2n1. The molecular weight excluding hydrogens is 254 g/mol. The Hall–Kier alpha value is -2.47. The second kappa shape index (κ2) is 5.26. The molecule has 0 radical (unpaired) electrons. The van der Waals surface area contributed by atoms with Crippen LogP contribution in [0.15, 0.2) is 42.7 Å². The molecule has 3 rings (SSSR count). The van der Waals surface area contributed by atoms with E-state index < -0.39 is 6.10 Å². The molecule has 2 aromatic heterocycles. The monoisotopic (exact) mass is 269 g/mol. The minimum atomic E-state index is -0.580. The van der Waals surface area contributed by atoms with Crippen molar-refractivity contribution in [2.75, 3.05) is 11.9 Å². The zero-order valence-corrected chi connectivity index (χ0v) is 11.1. The highest BCUT2D eigenvalue weighted by atomic mass is 16.3. The van der Waals surface area contributed by atoms with Crippen LogP contribution in [-0.4, -0.2) is 31.2 Å². The fourth-order valence-electron chi connectivity index (χ4n) is 2.05. The second-order valence-electron chi connectivity index (χ2n) is 4.56. The fourth-order valence-corrected chi connectivity index (χ4v) is 2.05. The summed E-state index contributed by atoms with van der Waals surface area (Å²) in [7, 11) is 0. The fraction of sp³-hybridized carbons (Fsp3) is 0.214. The van der Waals surface area contributed by atoms with Gasteiger partial charge in [0.2, 0.25) is 0 Å². The number of hydrogen-bond donors (Lipinski definition) is 2. The highest BCUT2D eigenvalue weighted by Crippen LogP contribution is 2.15. The molecule has 2 heterocycles. The molecule has 0 amide bonds. The maximum Gasteiger partial charge on any atom is 0.254 e. The van der Waals surface area contributed by atoms with Crippen molar-refractivity contribution in [2.24, 2.45) is 0 Å². The lowest BCUT2D eigenvalue weighted by Gasteiger charge is -2.13. The van der Waals surface area contributed by atoms with E-state index in [1.807, 2.05) is 43.3 Å². The zero-order valence-electron chi connectivity index (χ0n) is 11.1. The molecule has 3 aromatic rings. The highest BCUT2D eigenvalue weighted by molar-refractivity contribution is 5.44. The number of anilines is 1. The predicted molar refractivity (Wildman–Crippen MR) is 75.4 cm³/mol. The van der Waals surface area contributed by atoms with E-state index in [-0.39, 0.29) is 0 Å². The number of fused-ring (bicyclic) bond motifs is 1. The van der Waals surface area contributed by atoms with Crippen LogP contribution in [0.5, 0.6) is 0 Å². The van der Waals surface area contributed by atoms with E-state index in [1.165, 1.54) is 6.33 Å². The molecule has 1 atom stereocenters. The lowest BCUT2D eigenvalue weighted by Crippen LogP contribution is -2.15. The summed E-state index contributed by atoms with van der Waals surface area (Å²) in [6.45, 7) is 2.29. The molecule has 20 heavy (non-hydrogen) atoms. The Morgan fingerprint density at radius 1 is 1.30 bits per heavy atom. The number of rotatable bonds is 4. The van der Waals surface area contributed by atoms with Gasteiger partial charge in [0.15, 0.2) is 0 Å². The molecule has 6 heteroatoms. The van der Waals surface area contributed by atoms with Crippen LogP contribution in [0.4, 0.5) is 5.82 Å². The van der Waals surface area contributed by atoms with E-state index in [9.17, 15) is 5.11 Å². The Morgan fingerprint density at radius 3 is 2.90 bits per heavy atom. The Bertz CT molecular complexity index is 710. The van der Waals surface area contributed by atoms with Crippen molar-refractivity contribution in [3.05, 3.63) is 54.0 Å². The third-order valence-electron chi connectivity index (χ3n) is 3.04. The molecule has 6 nitrogen and oxygen atoms in total. The van der Waals surface area contributed by atoms with Gasteiger partial charge < -0.3 is 10.4 Å². The maximum absolute atomic E-state index is 10.2. The molecule has 0 fully saturated rings. The van der Waals surface area contributed by atoms with E-state index in [2.05, 4.69) is 20.4 Å². The van der Waals surface area contributed by atoms with Crippen LogP contribution in [0.25, 0.3) is 5.78 Å². The topological polar surface area (TPSA) is 75.3 Å². The van der Waals surface area contributed by atoms with E-state index in [1.54, 1.807) is 4.52 Å². The van der Waals surface area contributed by atoms with Crippen LogP contribution in [0.3, 0.4) is 0 Å². The highest BCUT2D eigenvalue weighted by Gasteiger charge is 2.09. The number of aliphatic hydroxyl groups is 1. The number of aromatic nitrogens is 4. The summed E-state index contributed by atoms with van der Waals surface area (Å²) < 4.78 is 1.62. The van der Waals surface area contributed by atoms with Gasteiger partial charge >= 0.3 is 0 Å². The van der Waals surface area contributed by atoms with Crippen LogP contribution < -0.4 is 5.32 Å². The van der Waals surface area contributed by atoms with Crippen LogP contribution >= 0.6 is 0 Å². The normalized spacial score (nSPS) is 12.5. The first-order valence-corrected chi connectivity index (χ1v) is 6.38. The Kier molecular flexibility index (Phi) is 3.30. The van der Waals surface area contributed by atoms with Gasteiger partial charge in [0.1, 0.15) is 12.1 Å². The summed E-state index contributed by atoms with van der Waals surface area (Å²) in [6, 6.07) is 11.4. The molecule has 2 N–H and O–H groups in total. The standard InChI is InChI=1S/C14H15N5O/c1-10-7-13(19-14(18-10)16-9-17-19)15-8-12(20)11-5-3-2-4-6-11/h2-7,9,12,15,20H,8H2,1H3/t12-/m1/s1. The largest absolute Gasteiger partial charge is 0.387 e. The van der Waals surface area contributed by atoms with Gasteiger partial charge in [-0.25, -0.2) is 4.98 Å². The third-order valence-corrected chi connectivity index (χ3v) is 3.04. The van der Waals surface area contributed by atoms with Crippen molar-refractivity contribution in [2.45, 2.75) is 13.0 Å². The number of hydrogen-bond acceptors (Lipinski definition) is 5. The summed E-state index contributed by atoms with van der Waals surface area (Å²) in [4.78, 5) is 8.33. The minimum Gasteiger partial charge on any atom is -0.387 e. The first-order valence-electron chi connectivity index (χ1n) is 6.38. The van der Waals surface area contributed by atoms with Crippen molar-refractivity contribution in [3.8, 4) is 0 Å². The summed E-state index contributed by atoms with van der Waals surface area (Å²) >= 11 is 0. The van der Waals surface area contributed by atoms with Gasteiger partial charge in [-0.2, -0.15) is 14.6 Å². The summed E-state index contributed by atoms with van der Waals surface area (Å²) in [5.41, 5.74) is 1.72. The molecule has 0 saturated heterocycles. The zero-order chi connectivity index (χ0) is 13.9. The molecule has 0 unspecified atom stereocenters. The van der Waals surface area contributed by atoms with Crippen molar-refractivity contribution < 1.29 is 5.11 Å². The van der Waals surface area contributed by atoms with Gasteiger partial charge in [-0.05, 0) is 12.5 Å². The van der Waals surface area contributed by atoms with Crippen LogP contribution in [0, 0.1) is 6.92 Å². The van der Waals surface area contributed by atoms with Crippen molar-refractivity contribution in [3.63, 3.8) is 0 Å². The molecule has 0 bridgehead atoms. The molecule has 0 saturated carbocycles. The van der Waals surface area contributed by atoms with E-state index >= 15 is 0 Å². The van der Waals surface area contributed by atoms with Gasteiger partial charge in [0.05, 0.1) is 6.10 Å². The van der Waals surface area contributed by atoms with Crippen LogP contribution in [0.2, 0.25) is 0 Å². The Morgan fingerprint density at radius 2 is 2.10 bits per heavy atom. The van der Waals surface area contributed by atoms with Gasteiger partial charge in [-0.3, -0.25) is 0 Å². The van der Waals surface area contributed by atoms with Crippen LogP contribution in [-0.2, 0) is 0 Å². The summed E-state index contributed by atoms with van der Waals surface area (Å²) in [6.07, 6.45) is 0.879. The minimum absolute atomic E-state index is 0.391. The average Bonchev–Trinajstić information content (AvgIpc) is 2.93. The first kappa shape index (κ1) is 12.6. The van der Waals surface area contributed by atoms with Gasteiger partial charge in [-0.1, -0.05) is 30.3 Å². The van der Waals surface area contributed by atoms with Gasteiger partial charge in [0, 0.05) is 18.3 Å². The van der Waals surface area contributed by atoms with E-state index in [4.69, 9.17) is 0 Å². The number of benzene rings is 1. The van der Waals surface area contributed by atoms with Gasteiger partial charge in [-0.15, -0.1) is 0 Å². The second-order valence-corrected chi connectivity index (χ2v) is 4.56. The first-order chi connectivity index (χ1) is 9.74. The van der Waals surface area contributed by atoms with Crippen molar-refractivity contribution in [1.82, 2.24) is 19.6 Å². The molecule has 0 aliphatic rings. The molecule has 0 aliphatic carbocycles. The quantitative estimate of drug-likeness (QED) is 0.752. The average molecular weight is 269 g/mol. The number of aryl methyl sites for hydroxylation is 1. The maximum atomic E-state index is 10.2. The Labute approximate surface area is 116 Å². The van der Waals surface area contributed by atoms with Gasteiger partial charge in [0.25, 0.3) is 5.78 Å². The van der Waals surface area contributed by atoms with E-state index in [0.717, 1.165) is 17.1 Å². The number of aliphatic hydroxyl groups excluding tert-OH is 1.